The summed E-state index contributed by atoms with van der Waals surface area (Å²) < 4.78 is 7.95. The molecule has 0 saturated carbocycles. The van der Waals surface area contributed by atoms with E-state index in [0.29, 0.717) is 12.2 Å². The van der Waals surface area contributed by atoms with Gasteiger partial charge in [0.05, 0.1) is 22.8 Å². The van der Waals surface area contributed by atoms with Gasteiger partial charge in [0, 0.05) is 5.39 Å². The molecule has 0 bridgehead atoms. The van der Waals surface area contributed by atoms with Gasteiger partial charge >= 0.3 is 0 Å². The largest absolute Gasteiger partial charge is 0.487 e. The summed E-state index contributed by atoms with van der Waals surface area (Å²) in [7, 11) is 0. The van der Waals surface area contributed by atoms with Crippen molar-refractivity contribution < 1.29 is 4.74 Å². The van der Waals surface area contributed by atoms with Crippen LogP contribution in [0.4, 0.5) is 0 Å². The minimum absolute atomic E-state index is 0.524. The van der Waals surface area contributed by atoms with Crippen LogP contribution in [-0.2, 0) is 6.61 Å². The zero-order chi connectivity index (χ0) is 16.5. The summed E-state index contributed by atoms with van der Waals surface area (Å²) >= 11 is 0. The molecule has 3 nitrogen and oxygen atoms in total. The first kappa shape index (κ1) is 14.3. The van der Waals surface area contributed by atoms with Gasteiger partial charge in [0.1, 0.15) is 18.4 Å². The highest BCUT2D eigenvalue weighted by Crippen LogP contribution is 2.28. The topological polar surface area (TPSA) is 37.4 Å². The van der Waals surface area contributed by atoms with E-state index in [9.17, 15) is 5.26 Å². The fourth-order valence-electron chi connectivity index (χ4n) is 2.97. The molecule has 0 saturated heterocycles. The van der Waals surface area contributed by atoms with Gasteiger partial charge in [0.2, 0.25) is 0 Å². The summed E-state index contributed by atoms with van der Waals surface area (Å²) in [4.78, 5) is 0. The number of pyridine rings is 1. The number of ether oxygens (including phenoxy) is 1. The normalized spacial score (nSPS) is 10.8. The molecule has 0 unspecified atom stereocenters. The quantitative estimate of drug-likeness (QED) is 0.542. The van der Waals surface area contributed by atoms with E-state index in [1.807, 2.05) is 47.0 Å². The van der Waals surface area contributed by atoms with Gasteiger partial charge in [0.15, 0.2) is 0 Å². The molecular formula is C21H16N2O. The Morgan fingerprint density at radius 1 is 0.958 bits per heavy atom. The number of nitriles is 1. The van der Waals surface area contributed by atoms with Gasteiger partial charge in [-0.15, -0.1) is 0 Å². The summed E-state index contributed by atoms with van der Waals surface area (Å²) in [5.41, 5.74) is 5.00. The molecule has 0 radical (unpaired) electrons. The van der Waals surface area contributed by atoms with Crippen LogP contribution < -0.4 is 4.74 Å². The number of fused-ring (bicyclic) bond motifs is 3. The highest BCUT2D eigenvalue weighted by molar-refractivity contribution is 5.95. The number of aryl methyl sites for hydroxylation is 1. The van der Waals surface area contributed by atoms with Crippen molar-refractivity contribution in [2.75, 3.05) is 0 Å². The Balaban J connectivity index is 1.72. The molecule has 3 heteroatoms. The molecule has 2 heterocycles. The highest BCUT2D eigenvalue weighted by Gasteiger charge is 2.11. The van der Waals surface area contributed by atoms with Crippen LogP contribution in [0.25, 0.3) is 16.4 Å². The molecule has 4 rings (SSSR count). The molecule has 0 aliphatic heterocycles. The van der Waals surface area contributed by atoms with Crippen LogP contribution in [-0.4, -0.2) is 4.40 Å². The van der Waals surface area contributed by atoms with Crippen molar-refractivity contribution in [2.24, 2.45) is 0 Å². The van der Waals surface area contributed by atoms with Crippen LogP contribution in [0.2, 0.25) is 0 Å². The predicted molar refractivity (Wildman–Crippen MR) is 95.1 cm³/mol. The predicted octanol–water partition coefficient (Wildman–Crippen LogP) is 4.85. The van der Waals surface area contributed by atoms with Crippen molar-refractivity contribution in [3.05, 3.63) is 83.6 Å². The lowest BCUT2D eigenvalue weighted by atomic mass is 10.1. The molecule has 0 aliphatic carbocycles. The van der Waals surface area contributed by atoms with E-state index >= 15 is 0 Å². The van der Waals surface area contributed by atoms with Gasteiger partial charge < -0.3 is 9.14 Å². The molecule has 2 aromatic carbocycles. The first-order chi connectivity index (χ1) is 11.8. The molecule has 0 aliphatic rings. The van der Waals surface area contributed by atoms with Crippen molar-refractivity contribution in [3.63, 3.8) is 0 Å². The van der Waals surface area contributed by atoms with Crippen LogP contribution in [0.15, 0.2) is 66.9 Å². The number of hydrogen-bond donors (Lipinski definition) is 0. The van der Waals surface area contributed by atoms with E-state index in [-0.39, 0.29) is 0 Å². The molecule has 0 N–H and O–H groups in total. The van der Waals surface area contributed by atoms with Crippen molar-refractivity contribution in [1.82, 2.24) is 4.40 Å². The number of nitrogens with zero attached hydrogens (tertiary/aromatic N) is 2. The zero-order valence-electron chi connectivity index (χ0n) is 13.4. The monoisotopic (exact) mass is 312 g/mol. The Bertz CT molecular complexity index is 1070. The lowest BCUT2D eigenvalue weighted by Gasteiger charge is -2.08. The number of hydrogen-bond acceptors (Lipinski definition) is 2. The van der Waals surface area contributed by atoms with E-state index in [1.165, 1.54) is 5.56 Å². The van der Waals surface area contributed by atoms with Crippen molar-refractivity contribution in [3.8, 4) is 11.8 Å². The van der Waals surface area contributed by atoms with Crippen LogP contribution in [0.5, 0.6) is 5.75 Å². The number of benzene rings is 2. The molecule has 0 atom stereocenters. The smallest absolute Gasteiger partial charge is 0.136 e. The minimum atomic E-state index is 0.524. The van der Waals surface area contributed by atoms with Crippen LogP contribution in [0, 0.1) is 18.3 Å². The SMILES string of the molecule is Cc1ccc(COc2ccc3c(C#N)c4ccccc4n3c2)cc1. The average molecular weight is 312 g/mol. The Labute approximate surface area is 140 Å². The van der Waals surface area contributed by atoms with Gasteiger partial charge in [-0.3, -0.25) is 0 Å². The molecular weight excluding hydrogens is 296 g/mol. The molecule has 0 spiro atoms. The second kappa shape index (κ2) is 5.75. The third-order valence-electron chi connectivity index (χ3n) is 4.25. The maximum absolute atomic E-state index is 9.47. The van der Waals surface area contributed by atoms with Crippen LogP contribution >= 0.6 is 0 Å². The minimum Gasteiger partial charge on any atom is -0.487 e. The first-order valence-corrected chi connectivity index (χ1v) is 7.87. The maximum atomic E-state index is 9.47. The molecule has 0 fully saturated rings. The number of rotatable bonds is 3. The zero-order valence-corrected chi connectivity index (χ0v) is 13.4. The summed E-state index contributed by atoms with van der Waals surface area (Å²) in [5, 5.41) is 10.4. The molecule has 24 heavy (non-hydrogen) atoms. The summed E-state index contributed by atoms with van der Waals surface area (Å²) in [5.74, 6) is 0.785. The van der Waals surface area contributed by atoms with Gasteiger partial charge in [-0.1, -0.05) is 48.0 Å². The maximum Gasteiger partial charge on any atom is 0.136 e. The van der Waals surface area contributed by atoms with E-state index in [2.05, 4.69) is 37.3 Å². The Hall–Kier alpha value is -3.25. The number of para-hydroxylation sites is 1. The average Bonchev–Trinajstić information content (AvgIpc) is 2.94. The molecule has 116 valence electrons. The van der Waals surface area contributed by atoms with Gasteiger partial charge in [-0.05, 0) is 30.7 Å². The van der Waals surface area contributed by atoms with E-state index in [1.54, 1.807) is 0 Å². The van der Waals surface area contributed by atoms with Crippen LogP contribution in [0.3, 0.4) is 0 Å². The lowest BCUT2D eigenvalue weighted by molar-refractivity contribution is 0.305. The van der Waals surface area contributed by atoms with E-state index in [4.69, 9.17) is 4.74 Å². The molecule has 4 aromatic rings. The second-order valence-corrected chi connectivity index (χ2v) is 5.90. The van der Waals surface area contributed by atoms with Crippen molar-refractivity contribution in [1.29, 1.82) is 5.26 Å². The lowest BCUT2D eigenvalue weighted by Crippen LogP contribution is -1.96. The van der Waals surface area contributed by atoms with Crippen molar-refractivity contribution >= 4 is 16.4 Å². The molecule has 2 aromatic heterocycles. The first-order valence-electron chi connectivity index (χ1n) is 7.87. The van der Waals surface area contributed by atoms with Crippen LogP contribution in [0.1, 0.15) is 16.7 Å². The standard InChI is InChI=1S/C21H16N2O/c1-15-6-8-16(9-7-15)14-24-17-10-11-21-19(12-22)18-4-2-3-5-20(18)23(21)13-17/h2-11,13H,14H2,1H3. The fraction of sp³-hybridized carbons (Fsp3) is 0.0952. The highest BCUT2D eigenvalue weighted by atomic mass is 16.5. The fourth-order valence-corrected chi connectivity index (χ4v) is 2.97. The van der Waals surface area contributed by atoms with E-state index in [0.717, 1.165) is 27.7 Å². The summed E-state index contributed by atoms with van der Waals surface area (Å²) in [6.07, 6.45) is 1.95. The summed E-state index contributed by atoms with van der Waals surface area (Å²) in [6, 6.07) is 22.4. The van der Waals surface area contributed by atoms with E-state index < -0.39 is 0 Å². The third-order valence-corrected chi connectivity index (χ3v) is 4.25. The molecule has 0 amide bonds. The third kappa shape index (κ3) is 2.39. The second-order valence-electron chi connectivity index (χ2n) is 5.90. The van der Waals surface area contributed by atoms with Crippen molar-refractivity contribution in [2.45, 2.75) is 13.5 Å². The Kier molecular flexibility index (Phi) is 3.44. The number of aromatic nitrogens is 1. The summed E-state index contributed by atoms with van der Waals surface area (Å²) in [6.45, 7) is 2.60. The van der Waals surface area contributed by atoms with Gasteiger partial charge in [0.25, 0.3) is 0 Å². The Morgan fingerprint density at radius 2 is 1.75 bits per heavy atom. The Morgan fingerprint density at radius 3 is 2.54 bits per heavy atom. The van der Waals surface area contributed by atoms with Gasteiger partial charge in [-0.2, -0.15) is 5.26 Å². The van der Waals surface area contributed by atoms with Gasteiger partial charge in [-0.25, -0.2) is 0 Å².